The molecule has 2 aliphatic rings. The molecule has 4 nitrogen and oxygen atoms in total. The van der Waals surface area contributed by atoms with Crippen LogP contribution in [0.5, 0.6) is 0 Å². The Labute approximate surface area is 71.6 Å². The molecule has 4 heteroatoms. The second-order valence-corrected chi connectivity index (χ2v) is 3.58. The van der Waals surface area contributed by atoms with Crippen molar-refractivity contribution in [2.24, 2.45) is 5.73 Å². The van der Waals surface area contributed by atoms with Crippen molar-refractivity contribution in [3.05, 3.63) is 0 Å². The summed E-state index contributed by atoms with van der Waals surface area (Å²) in [5, 5.41) is 9.52. The molecule has 12 heavy (non-hydrogen) atoms. The fraction of sp³-hybridized carbons (Fsp3) is 1.00. The summed E-state index contributed by atoms with van der Waals surface area (Å²) in [6.45, 7) is 1.28. The van der Waals surface area contributed by atoms with Gasteiger partial charge in [-0.2, -0.15) is 0 Å². The van der Waals surface area contributed by atoms with Crippen LogP contribution in [0.2, 0.25) is 0 Å². The molecule has 0 aromatic rings. The van der Waals surface area contributed by atoms with Gasteiger partial charge in [-0.3, -0.25) is 0 Å². The van der Waals surface area contributed by atoms with E-state index in [1.54, 1.807) is 0 Å². The van der Waals surface area contributed by atoms with Crippen LogP contribution < -0.4 is 5.73 Å². The predicted molar refractivity (Wildman–Crippen MR) is 42.5 cm³/mol. The van der Waals surface area contributed by atoms with Gasteiger partial charge in [0, 0.05) is 18.9 Å². The first-order valence-corrected chi connectivity index (χ1v) is 4.43. The molecule has 1 saturated heterocycles. The van der Waals surface area contributed by atoms with Gasteiger partial charge in [0.15, 0.2) is 5.79 Å². The van der Waals surface area contributed by atoms with Gasteiger partial charge in [0.2, 0.25) is 0 Å². The van der Waals surface area contributed by atoms with E-state index in [9.17, 15) is 5.11 Å². The fourth-order valence-corrected chi connectivity index (χ4v) is 1.91. The lowest BCUT2D eigenvalue weighted by molar-refractivity contribution is -0.198. The molecular formula is C8H15NO3. The van der Waals surface area contributed by atoms with Crippen molar-refractivity contribution in [1.29, 1.82) is 0 Å². The van der Waals surface area contributed by atoms with Crippen LogP contribution >= 0.6 is 0 Å². The maximum absolute atomic E-state index is 9.52. The van der Waals surface area contributed by atoms with E-state index in [0.717, 1.165) is 12.8 Å². The Hall–Kier alpha value is -0.160. The highest BCUT2D eigenvalue weighted by atomic mass is 16.7. The van der Waals surface area contributed by atoms with Gasteiger partial charge in [-0.15, -0.1) is 0 Å². The molecule has 0 radical (unpaired) electrons. The first-order chi connectivity index (χ1) is 5.72. The summed E-state index contributed by atoms with van der Waals surface area (Å²) in [7, 11) is 0. The number of aliphatic hydroxyl groups excluding tert-OH is 1. The highest BCUT2D eigenvalue weighted by molar-refractivity contribution is 4.89. The summed E-state index contributed by atoms with van der Waals surface area (Å²) in [4.78, 5) is 0. The van der Waals surface area contributed by atoms with Gasteiger partial charge >= 0.3 is 0 Å². The molecule has 1 aliphatic heterocycles. The van der Waals surface area contributed by atoms with Crippen molar-refractivity contribution in [3.8, 4) is 0 Å². The third-order valence-electron chi connectivity index (χ3n) is 2.69. The Morgan fingerprint density at radius 3 is 2.58 bits per heavy atom. The lowest BCUT2D eigenvalue weighted by atomic mass is 9.88. The number of hydrogen-bond donors (Lipinski definition) is 2. The van der Waals surface area contributed by atoms with Crippen LogP contribution in [-0.2, 0) is 9.47 Å². The van der Waals surface area contributed by atoms with E-state index < -0.39 is 11.9 Å². The first kappa shape index (κ1) is 8.44. The normalized spacial score (nSPS) is 40.5. The zero-order chi connectivity index (χ0) is 8.60. The van der Waals surface area contributed by atoms with Gasteiger partial charge in [-0.1, -0.05) is 0 Å². The van der Waals surface area contributed by atoms with Crippen molar-refractivity contribution in [2.45, 2.75) is 37.2 Å². The van der Waals surface area contributed by atoms with E-state index >= 15 is 0 Å². The van der Waals surface area contributed by atoms with Gasteiger partial charge in [-0.05, 0) is 6.42 Å². The molecule has 3 N–H and O–H groups in total. The third-order valence-corrected chi connectivity index (χ3v) is 2.69. The van der Waals surface area contributed by atoms with Crippen molar-refractivity contribution < 1.29 is 14.6 Å². The number of nitrogens with two attached hydrogens (primary N) is 1. The van der Waals surface area contributed by atoms with E-state index in [1.807, 2.05) is 0 Å². The molecular weight excluding hydrogens is 158 g/mol. The Morgan fingerprint density at radius 1 is 1.33 bits per heavy atom. The van der Waals surface area contributed by atoms with E-state index in [-0.39, 0.29) is 6.04 Å². The molecule has 0 unspecified atom stereocenters. The summed E-state index contributed by atoms with van der Waals surface area (Å²) >= 11 is 0. The van der Waals surface area contributed by atoms with E-state index in [0.29, 0.717) is 19.6 Å². The van der Waals surface area contributed by atoms with Crippen LogP contribution in [0.3, 0.4) is 0 Å². The van der Waals surface area contributed by atoms with Crippen molar-refractivity contribution in [1.82, 2.24) is 0 Å². The molecule has 0 bridgehead atoms. The van der Waals surface area contributed by atoms with Crippen molar-refractivity contribution >= 4 is 0 Å². The summed E-state index contributed by atoms with van der Waals surface area (Å²) in [6.07, 6.45) is 1.64. The SMILES string of the molecule is N[C@H]1CCC2(C[C@H]1O)OCCO2. The summed E-state index contributed by atoms with van der Waals surface area (Å²) < 4.78 is 10.9. The van der Waals surface area contributed by atoms with Crippen molar-refractivity contribution in [3.63, 3.8) is 0 Å². The summed E-state index contributed by atoms with van der Waals surface area (Å²) in [6, 6.07) is -0.108. The minimum Gasteiger partial charge on any atom is -0.391 e. The fourth-order valence-electron chi connectivity index (χ4n) is 1.91. The largest absolute Gasteiger partial charge is 0.391 e. The zero-order valence-corrected chi connectivity index (χ0v) is 7.03. The molecule has 2 fully saturated rings. The van der Waals surface area contributed by atoms with Crippen LogP contribution in [0.4, 0.5) is 0 Å². The number of ether oxygens (including phenoxy) is 2. The average Bonchev–Trinajstić information content (AvgIpc) is 2.47. The minimum atomic E-state index is -0.505. The quantitative estimate of drug-likeness (QED) is 0.523. The molecule has 1 aliphatic carbocycles. The smallest absolute Gasteiger partial charge is 0.171 e. The molecule has 0 amide bonds. The highest BCUT2D eigenvalue weighted by Crippen LogP contribution is 2.35. The molecule has 70 valence electrons. The molecule has 2 rings (SSSR count). The molecule has 0 aromatic carbocycles. The van der Waals surface area contributed by atoms with Gasteiger partial charge in [0.25, 0.3) is 0 Å². The van der Waals surface area contributed by atoms with E-state index in [1.165, 1.54) is 0 Å². The Kier molecular flexibility index (Phi) is 2.08. The second kappa shape index (κ2) is 2.96. The zero-order valence-electron chi connectivity index (χ0n) is 7.03. The van der Waals surface area contributed by atoms with Gasteiger partial charge < -0.3 is 20.3 Å². The van der Waals surface area contributed by atoms with Gasteiger partial charge in [-0.25, -0.2) is 0 Å². The van der Waals surface area contributed by atoms with E-state index in [2.05, 4.69) is 0 Å². The van der Waals surface area contributed by atoms with Crippen LogP contribution in [0, 0.1) is 0 Å². The van der Waals surface area contributed by atoms with Crippen LogP contribution in [-0.4, -0.2) is 36.3 Å². The summed E-state index contributed by atoms with van der Waals surface area (Å²) in [5.74, 6) is -0.505. The van der Waals surface area contributed by atoms with E-state index in [4.69, 9.17) is 15.2 Å². The number of rotatable bonds is 0. The Morgan fingerprint density at radius 2 is 2.00 bits per heavy atom. The van der Waals surface area contributed by atoms with Crippen LogP contribution in [0.15, 0.2) is 0 Å². The highest BCUT2D eigenvalue weighted by Gasteiger charge is 2.43. The minimum absolute atomic E-state index is 0.108. The molecule has 2 atom stereocenters. The van der Waals surface area contributed by atoms with Crippen LogP contribution in [0.1, 0.15) is 19.3 Å². The van der Waals surface area contributed by atoms with Gasteiger partial charge in [0.1, 0.15) is 0 Å². The second-order valence-electron chi connectivity index (χ2n) is 3.58. The topological polar surface area (TPSA) is 64.7 Å². The molecule has 0 aromatic heterocycles. The molecule has 1 heterocycles. The average molecular weight is 173 g/mol. The number of hydrogen-bond acceptors (Lipinski definition) is 4. The molecule has 1 saturated carbocycles. The summed E-state index contributed by atoms with van der Waals surface area (Å²) in [5.41, 5.74) is 5.67. The first-order valence-electron chi connectivity index (χ1n) is 4.43. The maximum atomic E-state index is 9.52. The van der Waals surface area contributed by atoms with Crippen molar-refractivity contribution in [2.75, 3.05) is 13.2 Å². The standard InChI is InChI=1S/C8H15NO3/c9-6-1-2-8(5-7(6)10)11-3-4-12-8/h6-7,10H,1-5,9H2/t6-,7+/m0/s1. The monoisotopic (exact) mass is 173 g/mol. The predicted octanol–water partition coefficient (Wildman–Crippen LogP) is -0.398. The van der Waals surface area contributed by atoms with Crippen LogP contribution in [0.25, 0.3) is 0 Å². The number of aliphatic hydroxyl groups is 1. The Bertz CT molecular complexity index is 168. The third kappa shape index (κ3) is 1.35. The lowest BCUT2D eigenvalue weighted by Gasteiger charge is -2.37. The Balaban J connectivity index is 2.01. The molecule has 1 spiro atoms. The maximum Gasteiger partial charge on any atom is 0.171 e. The lowest BCUT2D eigenvalue weighted by Crippen LogP contribution is -2.48. The van der Waals surface area contributed by atoms with Gasteiger partial charge in [0.05, 0.1) is 19.3 Å².